The molecule has 0 saturated carbocycles. The minimum atomic E-state index is -0.375. The molecule has 2 unspecified atom stereocenters. The van der Waals surface area contributed by atoms with Gasteiger partial charge >= 0.3 is 0 Å². The van der Waals surface area contributed by atoms with E-state index < -0.39 is 0 Å². The Morgan fingerprint density at radius 1 is 1.00 bits per heavy atom. The molecule has 4 nitrogen and oxygen atoms in total. The number of ketones is 2. The number of carbonyl (C=O) groups excluding carboxylic acids is 2. The summed E-state index contributed by atoms with van der Waals surface area (Å²) in [5, 5.41) is 17.1. The van der Waals surface area contributed by atoms with Crippen molar-refractivity contribution in [3.05, 3.63) is 0 Å². The molecular weight excluding hydrogens is 184 g/mol. The molecule has 0 radical (unpaired) electrons. The second kappa shape index (κ2) is 8.84. The maximum atomic E-state index is 10.0. The van der Waals surface area contributed by atoms with Gasteiger partial charge in [0.2, 0.25) is 0 Å². The van der Waals surface area contributed by atoms with Crippen molar-refractivity contribution in [2.75, 3.05) is 0 Å². The third-order valence-electron chi connectivity index (χ3n) is 1.18. The molecular formula is C10H20O4. The van der Waals surface area contributed by atoms with Gasteiger partial charge in [-0.3, -0.25) is 9.59 Å². The summed E-state index contributed by atoms with van der Waals surface area (Å²) in [6.45, 7) is 6.13. The Bertz CT molecular complexity index is 155. The predicted molar refractivity (Wildman–Crippen MR) is 54.0 cm³/mol. The maximum Gasteiger partial charge on any atom is 0.137 e. The second-order valence-corrected chi connectivity index (χ2v) is 3.51. The summed E-state index contributed by atoms with van der Waals surface area (Å²) in [4.78, 5) is 20.1. The van der Waals surface area contributed by atoms with Gasteiger partial charge in [-0.2, -0.15) is 0 Å². The van der Waals surface area contributed by atoms with E-state index in [1.807, 2.05) is 0 Å². The normalized spacial score (nSPS) is 13.6. The van der Waals surface area contributed by atoms with Gasteiger partial charge in [-0.1, -0.05) is 0 Å². The van der Waals surface area contributed by atoms with Gasteiger partial charge < -0.3 is 10.2 Å². The Labute approximate surface area is 84.9 Å². The largest absolute Gasteiger partial charge is 0.393 e. The second-order valence-electron chi connectivity index (χ2n) is 3.51. The number of Topliss-reactive ketones (excluding diaryl/α,β-unsaturated/α-hetero) is 2. The molecule has 0 amide bonds. The van der Waals surface area contributed by atoms with Crippen molar-refractivity contribution < 1.29 is 19.8 Å². The molecule has 0 heterocycles. The van der Waals surface area contributed by atoms with E-state index in [2.05, 4.69) is 0 Å². The number of hydrogen-bond acceptors (Lipinski definition) is 4. The summed E-state index contributed by atoms with van der Waals surface area (Å²) in [7, 11) is 0. The molecule has 0 spiro atoms. The zero-order chi connectivity index (χ0) is 11.7. The highest BCUT2D eigenvalue weighted by Gasteiger charge is 1.98. The molecule has 0 saturated heterocycles. The summed E-state index contributed by atoms with van der Waals surface area (Å²) in [6.07, 6.45) is -0.194. The van der Waals surface area contributed by atoms with E-state index in [0.717, 1.165) is 0 Å². The fourth-order valence-electron chi connectivity index (χ4n) is 0.844. The lowest BCUT2D eigenvalue weighted by atomic mass is 10.2. The van der Waals surface area contributed by atoms with Gasteiger partial charge in [-0.05, 0) is 34.1 Å². The van der Waals surface area contributed by atoms with Crippen molar-refractivity contribution in [3.8, 4) is 0 Å². The van der Waals surface area contributed by atoms with Crippen LogP contribution < -0.4 is 0 Å². The first-order chi connectivity index (χ1) is 6.25. The molecule has 0 aromatic rings. The van der Waals surface area contributed by atoms with E-state index in [-0.39, 0.29) is 30.2 Å². The molecule has 0 aliphatic heterocycles. The molecule has 2 N–H and O–H groups in total. The minimum Gasteiger partial charge on any atom is -0.393 e. The first kappa shape index (κ1) is 15.7. The first-order valence-electron chi connectivity index (χ1n) is 4.60. The average molecular weight is 204 g/mol. The number of hydrogen-bond donors (Lipinski definition) is 2. The predicted octanol–water partition coefficient (Wildman–Crippen LogP) is 0.693. The van der Waals surface area contributed by atoms with Gasteiger partial charge in [0.25, 0.3) is 0 Å². The zero-order valence-corrected chi connectivity index (χ0v) is 9.28. The average Bonchev–Trinajstić information content (AvgIpc) is 1.79. The molecule has 0 fully saturated rings. The molecule has 0 aliphatic carbocycles. The number of rotatable bonds is 4. The lowest BCUT2D eigenvalue weighted by Crippen LogP contribution is -2.10. The number of aliphatic hydroxyl groups is 2. The zero-order valence-electron chi connectivity index (χ0n) is 9.28. The third kappa shape index (κ3) is 22.5. The van der Waals surface area contributed by atoms with E-state index in [1.165, 1.54) is 13.8 Å². The van der Waals surface area contributed by atoms with Gasteiger partial charge in [0.1, 0.15) is 11.6 Å². The molecule has 0 bridgehead atoms. The van der Waals surface area contributed by atoms with Crippen LogP contribution in [0.15, 0.2) is 0 Å². The monoisotopic (exact) mass is 204 g/mol. The summed E-state index contributed by atoms with van der Waals surface area (Å²) in [5.41, 5.74) is 0. The Balaban J connectivity index is 0. The van der Waals surface area contributed by atoms with E-state index in [9.17, 15) is 9.59 Å². The molecule has 0 aliphatic rings. The maximum absolute atomic E-state index is 10.0. The quantitative estimate of drug-likeness (QED) is 0.661. The molecule has 0 aromatic carbocycles. The highest BCUT2D eigenvalue weighted by molar-refractivity contribution is 5.96. The van der Waals surface area contributed by atoms with Gasteiger partial charge in [0.15, 0.2) is 0 Å². The summed E-state index contributed by atoms with van der Waals surface area (Å²) in [6, 6.07) is 0. The van der Waals surface area contributed by atoms with Crippen molar-refractivity contribution in [3.63, 3.8) is 0 Å². The van der Waals surface area contributed by atoms with Crippen LogP contribution in [0.2, 0.25) is 0 Å². The summed E-state index contributed by atoms with van der Waals surface area (Å²) < 4.78 is 0. The minimum absolute atomic E-state index is 0.0625. The molecule has 14 heavy (non-hydrogen) atoms. The Hall–Kier alpha value is -0.740. The van der Waals surface area contributed by atoms with E-state index in [1.54, 1.807) is 13.8 Å². The van der Waals surface area contributed by atoms with E-state index >= 15 is 0 Å². The van der Waals surface area contributed by atoms with Gasteiger partial charge in [0, 0.05) is 0 Å². The van der Waals surface area contributed by atoms with Crippen molar-refractivity contribution in [1.82, 2.24) is 0 Å². The van der Waals surface area contributed by atoms with Crippen LogP contribution in [-0.2, 0) is 9.59 Å². The fraction of sp³-hybridized carbons (Fsp3) is 0.800. The Kier molecular flexibility index (Phi) is 9.93. The van der Waals surface area contributed by atoms with Crippen LogP contribution >= 0.6 is 0 Å². The van der Waals surface area contributed by atoms with Crippen LogP contribution in [0.4, 0.5) is 0 Å². The highest BCUT2D eigenvalue weighted by Crippen LogP contribution is 1.93. The van der Waals surface area contributed by atoms with Crippen LogP contribution in [0, 0.1) is 0 Å². The van der Waals surface area contributed by atoms with E-state index in [4.69, 9.17) is 10.2 Å². The summed E-state index contributed by atoms with van der Waals surface area (Å²) in [5.74, 6) is -0.125. The Morgan fingerprint density at radius 2 is 1.29 bits per heavy atom. The lowest BCUT2D eigenvalue weighted by Gasteiger charge is -2.04. The van der Waals surface area contributed by atoms with Crippen molar-refractivity contribution in [2.24, 2.45) is 0 Å². The topological polar surface area (TPSA) is 74.6 Å². The van der Waals surface area contributed by atoms with E-state index in [0.29, 0.717) is 6.42 Å². The number of aliphatic hydroxyl groups excluding tert-OH is 2. The summed E-state index contributed by atoms with van der Waals surface area (Å²) >= 11 is 0. The van der Waals surface area contributed by atoms with Crippen LogP contribution in [-0.4, -0.2) is 34.0 Å². The van der Waals surface area contributed by atoms with Crippen LogP contribution in [0.3, 0.4) is 0 Å². The third-order valence-corrected chi connectivity index (χ3v) is 1.18. The fourth-order valence-corrected chi connectivity index (χ4v) is 0.844. The standard InChI is InChI=1S/C5H12O2.C5H8O2/c2*1-4(6)3-5(2)7/h4-7H,3H2,1-2H3;3H2,1-2H3. The van der Waals surface area contributed by atoms with Crippen molar-refractivity contribution in [1.29, 1.82) is 0 Å². The van der Waals surface area contributed by atoms with Gasteiger partial charge in [-0.15, -0.1) is 0 Å². The van der Waals surface area contributed by atoms with Crippen LogP contribution in [0.25, 0.3) is 0 Å². The molecule has 4 heteroatoms. The number of carbonyl (C=O) groups is 2. The van der Waals surface area contributed by atoms with Crippen molar-refractivity contribution in [2.45, 2.75) is 52.7 Å². The molecule has 2 atom stereocenters. The van der Waals surface area contributed by atoms with Gasteiger partial charge in [0.05, 0.1) is 18.6 Å². The first-order valence-corrected chi connectivity index (χ1v) is 4.60. The highest BCUT2D eigenvalue weighted by atomic mass is 16.3. The van der Waals surface area contributed by atoms with Crippen molar-refractivity contribution >= 4 is 11.6 Å². The molecule has 84 valence electrons. The molecule has 0 aromatic heterocycles. The SMILES string of the molecule is CC(=O)CC(C)=O.CC(O)CC(C)O. The Morgan fingerprint density at radius 3 is 1.29 bits per heavy atom. The van der Waals surface area contributed by atoms with Crippen LogP contribution in [0.1, 0.15) is 40.5 Å². The smallest absolute Gasteiger partial charge is 0.137 e. The lowest BCUT2D eigenvalue weighted by molar-refractivity contribution is -0.124. The van der Waals surface area contributed by atoms with Gasteiger partial charge in [-0.25, -0.2) is 0 Å². The van der Waals surface area contributed by atoms with Crippen LogP contribution in [0.5, 0.6) is 0 Å². The molecule has 0 rings (SSSR count).